The Labute approximate surface area is 120 Å². The summed E-state index contributed by atoms with van der Waals surface area (Å²) in [5.74, 6) is 0.340. The van der Waals surface area contributed by atoms with E-state index in [4.69, 9.17) is 17.3 Å². The summed E-state index contributed by atoms with van der Waals surface area (Å²) in [6, 6.07) is 13.5. The van der Waals surface area contributed by atoms with E-state index in [0.29, 0.717) is 15.9 Å². The van der Waals surface area contributed by atoms with Crippen LogP contribution in [0.1, 0.15) is 5.56 Å². The SMILES string of the molecule is NC(=Nc1ccc(Cl)cc1)SCc1cccc(F)c1. The lowest BCUT2D eigenvalue weighted by Gasteiger charge is -2.02. The molecule has 0 heterocycles. The fraction of sp³-hybridized carbons (Fsp3) is 0.0714. The van der Waals surface area contributed by atoms with Crippen molar-refractivity contribution in [2.75, 3.05) is 0 Å². The Balaban J connectivity index is 1.97. The van der Waals surface area contributed by atoms with Crippen LogP contribution in [0.5, 0.6) is 0 Å². The monoisotopic (exact) mass is 294 g/mol. The first-order chi connectivity index (χ1) is 9.13. The lowest BCUT2D eigenvalue weighted by Crippen LogP contribution is -2.06. The lowest BCUT2D eigenvalue weighted by molar-refractivity contribution is 0.626. The molecule has 0 radical (unpaired) electrons. The van der Waals surface area contributed by atoms with E-state index in [-0.39, 0.29) is 5.82 Å². The molecule has 0 amide bonds. The van der Waals surface area contributed by atoms with Crippen LogP contribution in [0.15, 0.2) is 53.5 Å². The molecule has 0 saturated carbocycles. The van der Waals surface area contributed by atoms with Gasteiger partial charge in [-0.1, -0.05) is 35.5 Å². The minimum absolute atomic E-state index is 0.244. The maximum Gasteiger partial charge on any atom is 0.159 e. The van der Waals surface area contributed by atoms with E-state index in [2.05, 4.69) is 4.99 Å². The van der Waals surface area contributed by atoms with Crippen molar-refractivity contribution in [2.24, 2.45) is 10.7 Å². The highest BCUT2D eigenvalue weighted by Gasteiger charge is 1.99. The number of amidine groups is 1. The normalized spacial score (nSPS) is 11.6. The van der Waals surface area contributed by atoms with Gasteiger partial charge < -0.3 is 5.73 Å². The van der Waals surface area contributed by atoms with Gasteiger partial charge in [0, 0.05) is 10.8 Å². The van der Waals surface area contributed by atoms with Crippen molar-refractivity contribution in [1.29, 1.82) is 0 Å². The van der Waals surface area contributed by atoms with Crippen molar-refractivity contribution < 1.29 is 4.39 Å². The number of nitrogens with zero attached hydrogens (tertiary/aromatic N) is 1. The van der Waals surface area contributed by atoms with Crippen LogP contribution in [-0.2, 0) is 5.75 Å². The fourth-order valence-corrected chi connectivity index (χ4v) is 2.25. The van der Waals surface area contributed by atoms with Gasteiger partial charge >= 0.3 is 0 Å². The molecule has 0 aliphatic heterocycles. The molecule has 2 N–H and O–H groups in total. The van der Waals surface area contributed by atoms with Crippen LogP contribution in [0.25, 0.3) is 0 Å². The molecular formula is C14H12ClFN2S. The van der Waals surface area contributed by atoms with E-state index >= 15 is 0 Å². The maximum absolute atomic E-state index is 13.0. The van der Waals surface area contributed by atoms with Gasteiger partial charge in [-0.05, 0) is 42.0 Å². The van der Waals surface area contributed by atoms with Crippen molar-refractivity contribution in [3.63, 3.8) is 0 Å². The summed E-state index contributed by atoms with van der Waals surface area (Å²) in [4.78, 5) is 4.24. The predicted octanol–water partition coefficient (Wildman–Crippen LogP) is 4.36. The average Bonchev–Trinajstić information content (AvgIpc) is 2.39. The average molecular weight is 295 g/mol. The quantitative estimate of drug-likeness (QED) is 0.675. The summed E-state index contributed by atoms with van der Waals surface area (Å²) in [5, 5.41) is 1.09. The molecule has 19 heavy (non-hydrogen) atoms. The third-order valence-electron chi connectivity index (χ3n) is 2.34. The molecule has 0 aliphatic rings. The zero-order valence-electron chi connectivity index (χ0n) is 10.0. The number of thioether (sulfide) groups is 1. The predicted molar refractivity (Wildman–Crippen MR) is 80.4 cm³/mol. The topological polar surface area (TPSA) is 38.4 Å². The number of benzene rings is 2. The second-order valence-corrected chi connectivity index (χ2v) is 5.28. The van der Waals surface area contributed by atoms with E-state index in [9.17, 15) is 4.39 Å². The highest BCUT2D eigenvalue weighted by atomic mass is 35.5. The molecule has 0 aromatic heterocycles. The molecule has 0 spiro atoms. The summed E-state index contributed by atoms with van der Waals surface area (Å²) in [6.45, 7) is 0. The van der Waals surface area contributed by atoms with Gasteiger partial charge in [0.1, 0.15) is 5.82 Å². The molecule has 0 fully saturated rings. The van der Waals surface area contributed by atoms with Gasteiger partial charge in [-0.15, -0.1) is 0 Å². The highest BCUT2D eigenvalue weighted by molar-refractivity contribution is 8.13. The van der Waals surface area contributed by atoms with Crippen LogP contribution in [0.2, 0.25) is 5.02 Å². The number of rotatable bonds is 3. The molecule has 0 unspecified atom stereocenters. The van der Waals surface area contributed by atoms with Gasteiger partial charge in [0.15, 0.2) is 5.17 Å². The summed E-state index contributed by atoms with van der Waals surface area (Å²) in [5.41, 5.74) is 7.43. The summed E-state index contributed by atoms with van der Waals surface area (Å²) in [6.07, 6.45) is 0. The van der Waals surface area contributed by atoms with Crippen molar-refractivity contribution in [3.8, 4) is 0 Å². The van der Waals surface area contributed by atoms with E-state index in [1.165, 1.54) is 23.9 Å². The number of hydrogen-bond donors (Lipinski definition) is 1. The van der Waals surface area contributed by atoms with Gasteiger partial charge in [0.2, 0.25) is 0 Å². The summed E-state index contributed by atoms with van der Waals surface area (Å²) >= 11 is 7.15. The smallest absolute Gasteiger partial charge is 0.159 e. The number of nitrogens with two attached hydrogens (primary N) is 1. The van der Waals surface area contributed by atoms with Crippen LogP contribution >= 0.6 is 23.4 Å². The molecule has 0 bridgehead atoms. The Morgan fingerprint density at radius 1 is 1.21 bits per heavy atom. The Bertz CT molecular complexity index is 584. The largest absolute Gasteiger partial charge is 0.378 e. The van der Waals surface area contributed by atoms with Gasteiger partial charge in [-0.2, -0.15) is 0 Å². The standard InChI is InChI=1S/C14H12ClFN2S/c15-11-4-6-13(7-5-11)18-14(17)19-9-10-2-1-3-12(16)8-10/h1-8H,9H2,(H2,17,18). The van der Waals surface area contributed by atoms with Crippen molar-refractivity contribution in [3.05, 3.63) is 64.9 Å². The Morgan fingerprint density at radius 3 is 2.63 bits per heavy atom. The van der Waals surface area contributed by atoms with E-state index < -0.39 is 0 Å². The first-order valence-electron chi connectivity index (χ1n) is 5.60. The molecule has 0 saturated heterocycles. The zero-order chi connectivity index (χ0) is 13.7. The Kier molecular flexibility index (Phi) is 4.82. The van der Waals surface area contributed by atoms with Crippen molar-refractivity contribution in [1.82, 2.24) is 0 Å². The van der Waals surface area contributed by atoms with Gasteiger partial charge in [-0.25, -0.2) is 9.38 Å². The maximum atomic E-state index is 13.0. The molecule has 0 atom stereocenters. The van der Waals surface area contributed by atoms with E-state index in [1.807, 2.05) is 6.07 Å². The van der Waals surface area contributed by atoms with Crippen LogP contribution in [0, 0.1) is 5.82 Å². The fourth-order valence-electron chi connectivity index (χ4n) is 1.46. The first kappa shape index (κ1) is 13.9. The number of hydrogen-bond acceptors (Lipinski definition) is 2. The minimum Gasteiger partial charge on any atom is -0.378 e. The van der Waals surface area contributed by atoms with Crippen molar-refractivity contribution >= 4 is 34.2 Å². The van der Waals surface area contributed by atoms with Gasteiger partial charge in [-0.3, -0.25) is 0 Å². The molecular weight excluding hydrogens is 283 g/mol. The van der Waals surface area contributed by atoms with Gasteiger partial charge in [0.25, 0.3) is 0 Å². The molecule has 2 aromatic rings. The second-order valence-electron chi connectivity index (χ2n) is 3.85. The first-order valence-corrected chi connectivity index (χ1v) is 6.97. The molecule has 2 rings (SSSR count). The van der Waals surface area contributed by atoms with Crippen LogP contribution < -0.4 is 5.73 Å². The number of aliphatic imine (C=N–C) groups is 1. The molecule has 0 aliphatic carbocycles. The van der Waals surface area contributed by atoms with Crippen LogP contribution in [0.3, 0.4) is 0 Å². The summed E-state index contributed by atoms with van der Waals surface area (Å²) in [7, 11) is 0. The lowest BCUT2D eigenvalue weighted by atomic mass is 10.2. The molecule has 98 valence electrons. The molecule has 2 nitrogen and oxygen atoms in total. The van der Waals surface area contributed by atoms with Gasteiger partial charge in [0.05, 0.1) is 5.69 Å². The third-order valence-corrected chi connectivity index (χ3v) is 3.46. The van der Waals surface area contributed by atoms with E-state index in [0.717, 1.165) is 11.3 Å². The highest BCUT2D eigenvalue weighted by Crippen LogP contribution is 2.19. The van der Waals surface area contributed by atoms with E-state index in [1.54, 1.807) is 30.3 Å². The van der Waals surface area contributed by atoms with Crippen LogP contribution in [-0.4, -0.2) is 5.17 Å². The zero-order valence-corrected chi connectivity index (χ0v) is 11.6. The Hall–Kier alpha value is -1.52. The third kappa shape index (κ3) is 4.58. The van der Waals surface area contributed by atoms with Crippen molar-refractivity contribution in [2.45, 2.75) is 5.75 Å². The Morgan fingerprint density at radius 2 is 1.95 bits per heavy atom. The molecule has 5 heteroatoms. The summed E-state index contributed by atoms with van der Waals surface area (Å²) < 4.78 is 13.0. The second kappa shape index (κ2) is 6.59. The number of halogens is 2. The minimum atomic E-state index is -0.244. The molecule has 2 aromatic carbocycles. The van der Waals surface area contributed by atoms with Crippen LogP contribution in [0.4, 0.5) is 10.1 Å².